The van der Waals surface area contributed by atoms with E-state index in [1.807, 2.05) is 0 Å². The number of nitrogens with one attached hydrogen (secondary N) is 1. The van der Waals surface area contributed by atoms with Gasteiger partial charge >= 0.3 is 0 Å². The van der Waals surface area contributed by atoms with Gasteiger partial charge in [0, 0.05) is 24.9 Å². The second-order valence-electron chi connectivity index (χ2n) is 9.00. The largest absolute Gasteiger partial charge is 0.379 e. The molecule has 0 saturated heterocycles. The molecule has 3 fully saturated rings. The maximum Gasteiger partial charge on any atom is 0.225 e. The van der Waals surface area contributed by atoms with E-state index < -0.39 is 21.4 Å². The lowest BCUT2D eigenvalue weighted by Crippen LogP contribution is -2.50. The van der Waals surface area contributed by atoms with Crippen LogP contribution in [0, 0.1) is 5.92 Å². The number of hydrogen-bond acceptors (Lipinski definition) is 5. The van der Waals surface area contributed by atoms with Gasteiger partial charge in [-0.2, -0.15) is 0 Å². The predicted octanol–water partition coefficient (Wildman–Crippen LogP) is 2.40. The summed E-state index contributed by atoms with van der Waals surface area (Å²) < 4.78 is 48.9. The normalized spacial score (nSPS) is 40.7. The number of halogens is 2. The number of methoxy groups -OCH3 is 1. The molecule has 30 heavy (non-hydrogen) atoms. The van der Waals surface area contributed by atoms with Crippen molar-refractivity contribution >= 4 is 27.5 Å². The average molecular weight is 469 g/mol. The van der Waals surface area contributed by atoms with E-state index in [0.717, 1.165) is 12.8 Å². The van der Waals surface area contributed by atoms with Crippen LogP contribution >= 0.6 is 11.6 Å². The van der Waals surface area contributed by atoms with Crippen LogP contribution < -0.4 is 10.5 Å². The highest BCUT2D eigenvalue weighted by molar-refractivity contribution is 7.89. The summed E-state index contributed by atoms with van der Waals surface area (Å²) in [6, 6.07) is -0.211. The van der Waals surface area contributed by atoms with E-state index in [2.05, 4.69) is 5.32 Å². The first-order chi connectivity index (χ1) is 14.2. The standard InChI is InChI=1S/C20H34ClFN2O5S/c1-28-19-10-13(22)6-8-17(19)29-18-9-12(21)5-7-16(18)20(25)24-14-3-2-4-15(11-14)30(23,26)27/h12-19H,2-11H2,1H3,(H,24,25)(H2,23,26,27). The van der Waals surface area contributed by atoms with Gasteiger partial charge in [0.15, 0.2) is 0 Å². The zero-order valence-corrected chi connectivity index (χ0v) is 19.0. The van der Waals surface area contributed by atoms with Crippen molar-refractivity contribution in [2.45, 2.75) is 105 Å². The summed E-state index contributed by atoms with van der Waals surface area (Å²) in [6.45, 7) is 0. The van der Waals surface area contributed by atoms with Crippen molar-refractivity contribution in [1.29, 1.82) is 0 Å². The maximum absolute atomic E-state index is 13.7. The number of nitrogens with two attached hydrogens (primary N) is 1. The minimum Gasteiger partial charge on any atom is -0.379 e. The lowest BCUT2D eigenvalue weighted by atomic mass is 9.84. The maximum atomic E-state index is 13.7. The second-order valence-corrected chi connectivity index (χ2v) is 11.5. The molecular weight excluding hydrogens is 435 g/mol. The van der Waals surface area contributed by atoms with Crippen molar-refractivity contribution in [1.82, 2.24) is 5.32 Å². The number of hydrogen-bond donors (Lipinski definition) is 2. The summed E-state index contributed by atoms with van der Waals surface area (Å²) in [5.41, 5.74) is 0. The predicted molar refractivity (Wildman–Crippen MR) is 112 cm³/mol. The molecule has 0 radical (unpaired) electrons. The number of rotatable bonds is 6. The van der Waals surface area contributed by atoms with Crippen molar-refractivity contribution in [2.24, 2.45) is 11.1 Å². The third-order valence-electron chi connectivity index (χ3n) is 6.82. The molecule has 3 rings (SSSR count). The molecule has 3 aliphatic rings. The number of primary sulfonamides is 1. The van der Waals surface area contributed by atoms with E-state index in [9.17, 15) is 17.6 Å². The number of amides is 1. The molecule has 7 nitrogen and oxygen atoms in total. The van der Waals surface area contributed by atoms with Gasteiger partial charge in [0.25, 0.3) is 0 Å². The Bertz CT molecular complexity index is 697. The van der Waals surface area contributed by atoms with E-state index in [1.54, 1.807) is 7.11 Å². The molecule has 0 aromatic carbocycles. The van der Waals surface area contributed by atoms with Gasteiger partial charge in [-0.3, -0.25) is 4.79 Å². The molecule has 0 spiro atoms. The first kappa shape index (κ1) is 24.2. The summed E-state index contributed by atoms with van der Waals surface area (Å²) in [7, 11) is -2.05. The highest BCUT2D eigenvalue weighted by Gasteiger charge is 2.41. The third kappa shape index (κ3) is 6.28. The van der Waals surface area contributed by atoms with Crippen LogP contribution in [0.15, 0.2) is 0 Å². The number of ether oxygens (including phenoxy) is 2. The monoisotopic (exact) mass is 468 g/mol. The van der Waals surface area contributed by atoms with Gasteiger partial charge in [-0.25, -0.2) is 17.9 Å². The van der Waals surface area contributed by atoms with Crippen LogP contribution in [0.4, 0.5) is 4.39 Å². The van der Waals surface area contributed by atoms with Crippen molar-refractivity contribution in [2.75, 3.05) is 7.11 Å². The van der Waals surface area contributed by atoms with Crippen LogP contribution in [0.3, 0.4) is 0 Å². The van der Waals surface area contributed by atoms with Crippen LogP contribution in [-0.2, 0) is 24.3 Å². The van der Waals surface area contributed by atoms with Crippen molar-refractivity contribution < 1.29 is 27.1 Å². The fourth-order valence-electron chi connectivity index (χ4n) is 5.09. The van der Waals surface area contributed by atoms with Crippen LogP contribution in [0.2, 0.25) is 0 Å². The van der Waals surface area contributed by atoms with Crippen molar-refractivity contribution in [3.63, 3.8) is 0 Å². The van der Waals surface area contributed by atoms with Crippen molar-refractivity contribution in [3.8, 4) is 0 Å². The highest BCUT2D eigenvalue weighted by Crippen LogP contribution is 2.35. The van der Waals surface area contributed by atoms with Gasteiger partial charge in [-0.1, -0.05) is 6.42 Å². The topological polar surface area (TPSA) is 108 Å². The number of sulfonamides is 1. The summed E-state index contributed by atoms with van der Waals surface area (Å²) in [5.74, 6) is -0.493. The SMILES string of the molecule is COC1CC(F)CCC1OC1CC(Cl)CCC1C(=O)NC1CCCC(S(N)(=O)=O)C1. The molecule has 0 heterocycles. The fraction of sp³-hybridized carbons (Fsp3) is 0.950. The Morgan fingerprint density at radius 1 is 1.03 bits per heavy atom. The average Bonchev–Trinajstić information content (AvgIpc) is 2.69. The van der Waals surface area contributed by atoms with Crippen LogP contribution in [-0.4, -0.2) is 62.6 Å². The first-order valence-electron chi connectivity index (χ1n) is 11.0. The highest BCUT2D eigenvalue weighted by atomic mass is 35.5. The summed E-state index contributed by atoms with van der Waals surface area (Å²) in [6.07, 6.45) is 3.62. The molecule has 3 saturated carbocycles. The minimum absolute atomic E-state index is 0.0704. The fourth-order valence-corrected chi connectivity index (χ4v) is 6.39. The number of carbonyl (C=O) groups is 1. The van der Waals surface area contributed by atoms with Gasteiger partial charge in [0.05, 0.1) is 29.5 Å². The zero-order valence-electron chi connectivity index (χ0n) is 17.5. The van der Waals surface area contributed by atoms with Gasteiger partial charge in [0.2, 0.25) is 15.9 Å². The summed E-state index contributed by atoms with van der Waals surface area (Å²) in [5, 5.41) is 7.66. The molecule has 3 aliphatic carbocycles. The van der Waals surface area contributed by atoms with Gasteiger partial charge in [-0.15, -0.1) is 11.6 Å². The van der Waals surface area contributed by atoms with Crippen LogP contribution in [0.1, 0.15) is 64.2 Å². The number of carbonyl (C=O) groups excluding carboxylic acids is 1. The molecule has 0 bridgehead atoms. The molecule has 0 aliphatic heterocycles. The first-order valence-corrected chi connectivity index (χ1v) is 13.0. The Hall–Kier alpha value is -0.480. The Balaban J connectivity index is 1.62. The van der Waals surface area contributed by atoms with Gasteiger partial charge in [0.1, 0.15) is 6.17 Å². The molecule has 8 unspecified atom stereocenters. The van der Waals surface area contributed by atoms with E-state index >= 15 is 0 Å². The number of alkyl halides is 2. The minimum atomic E-state index is -3.61. The molecule has 0 aromatic heterocycles. The quantitative estimate of drug-likeness (QED) is 0.582. The van der Waals surface area contributed by atoms with E-state index in [0.29, 0.717) is 51.4 Å². The molecule has 10 heteroatoms. The molecule has 174 valence electrons. The Morgan fingerprint density at radius 3 is 2.50 bits per heavy atom. The van der Waals surface area contributed by atoms with Crippen LogP contribution in [0.5, 0.6) is 0 Å². The van der Waals surface area contributed by atoms with Crippen LogP contribution in [0.25, 0.3) is 0 Å². The van der Waals surface area contributed by atoms with E-state index in [-0.39, 0.29) is 41.6 Å². The Morgan fingerprint density at radius 2 is 1.80 bits per heavy atom. The molecule has 3 N–H and O–H groups in total. The Labute approximate surface area is 183 Å². The summed E-state index contributed by atoms with van der Waals surface area (Å²) in [4.78, 5) is 13.1. The third-order valence-corrected chi connectivity index (χ3v) is 8.57. The van der Waals surface area contributed by atoms with E-state index in [1.165, 1.54) is 0 Å². The second kappa shape index (κ2) is 10.4. The molecular formula is C20H34ClFN2O5S. The molecule has 1 amide bonds. The molecule has 0 aromatic rings. The zero-order chi connectivity index (χ0) is 21.9. The van der Waals surface area contributed by atoms with E-state index in [4.69, 9.17) is 26.2 Å². The smallest absolute Gasteiger partial charge is 0.225 e. The summed E-state index contributed by atoms with van der Waals surface area (Å²) >= 11 is 6.37. The molecule has 8 atom stereocenters. The van der Waals surface area contributed by atoms with Gasteiger partial charge < -0.3 is 14.8 Å². The lowest BCUT2D eigenvalue weighted by molar-refractivity contribution is -0.153. The Kier molecular flexibility index (Phi) is 8.40. The van der Waals surface area contributed by atoms with Gasteiger partial charge in [-0.05, 0) is 51.4 Å². The lowest BCUT2D eigenvalue weighted by Gasteiger charge is -2.40. The van der Waals surface area contributed by atoms with Crippen molar-refractivity contribution in [3.05, 3.63) is 0 Å².